The summed E-state index contributed by atoms with van der Waals surface area (Å²) in [6.07, 6.45) is 2.85. The molecule has 6 heterocycles. The third-order valence-corrected chi connectivity index (χ3v) is 15.6. The number of anilines is 2. The highest BCUT2D eigenvalue weighted by Gasteiger charge is 2.38. The SMILES string of the molecule is COC(=O)c1ccc(CN(c2cccc(C)c2)S(=O)(=O)N2CCN(C3COC3)CC2)nc1.Cc1cccc(N(Cc2ccc(C(=O)CN)cn2)S(=O)(=O)N2CCN(C3COC3)CC2)c1. The van der Waals surface area contributed by atoms with Gasteiger partial charge in [0, 0.05) is 70.3 Å². The molecule has 4 fully saturated rings. The van der Waals surface area contributed by atoms with Crippen LogP contribution in [0.4, 0.5) is 11.4 Å². The standard InChI is InChI=1S/C22H29N5O4S.C22H28N4O5S/c1-17-3-2-4-20(11-17)27(14-19-6-5-18(13-24-19)22(28)12-23)32(29,30)26-9-7-25(8-10-26)21-15-31-16-21;1-17-4-3-5-20(12-17)26(14-19-7-6-18(13-23-19)22(27)30-2)32(28,29)25-10-8-24(9-11-25)21-15-31-16-21/h2-6,11,13,21H,7-10,12,14-16,23H2,1H3;3-7,12-13,21H,8-11,14-16H2,1-2H3. The highest BCUT2D eigenvalue weighted by Crippen LogP contribution is 2.28. The van der Waals surface area contributed by atoms with E-state index in [1.165, 1.54) is 36.7 Å². The van der Waals surface area contributed by atoms with Crippen molar-refractivity contribution < 1.29 is 40.6 Å². The van der Waals surface area contributed by atoms with E-state index in [1.54, 1.807) is 36.4 Å². The van der Waals surface area contributed by atoms with Gasteiger partial charge in [-0.3, -0.25) is 33.2 Å². The average molecular weight is 920 g/mol. The molecule has 64 heavy (non-hydrogen) atoms. The van der Waals surface area contributed by atoms with Gasteiger partial charge in [0.1, 0.15) is 0 Å². The predicted octanol–water partition coefficient (Wildman–Crippen LogP) is 2.24. The number of hydrogen-bond donors (Lipinski definition) is 1. The molecule has 4 aliphatic rings. The molecule has 0 radical (unpaired) electrons. The van der Waals surface area contributed by atoms with Crippen molar-refractivity contribution in [2.45, 2.75) is 39.0 Å². The Hall–Kier alpha value is -4.90. The number of carbonyl (C=O) groups excluding carboxylic acids is 2. The van der Waals surface area contributed by atoms with Crippen molar-refractivity contribution in [1.82, 2.24) is 28.4 Å². The Morgan fingerprint density at radius 2 is 1.08 bits per heavy atom. The minimum atomic E-state index is -3.78. The van der Waals surface area contributed by atoms with Crippen molar-refractivity contribution in [3.8, 4) is 0 Å². The Balaban J connectivity index is 0.000000191. The van der Waals surface area contributed by atoms with E-state index in [1.807, 2.05) is 50.2 Å². The summed E-state index contributed by atoms with van der Waals surface area (Å²) in [5, 5.41) is 0. The Labute approximate surface area is 375 Å². The average Bonchev–Trinajstić information content (AvgIpc) is 3.26. The number of rotatable bonds is 15. The number of piperazine rings is 2. The van der Waals surface area contributed by atoms with Gasteiger partial charge in [-0.2, -0.15) is 25.4 Å². The summed E-state index contributed by atoms with van der Waals surface area (Å²) < 4.78 is 75.9. The van der Waals surface area contributed by atoms with Crippen LogP contribution in [-0.2, 0) is 47.7 Å². The minimum Gasteiger partial charge on any atom is -0.465 e. The van der Waals surface area contributed by atoms with E-state index < -0.39 is 26.4 Å². The minimum absolute atomic E-state index is 0.0594. The number of ether oxygens (including phenoxy) is 3. The van der Waals surface area contributed by atoms with Crippen molar-refractivity contribution >= 4 is 43.5 Å². The van der Waals surface area contributed by atoms with Gasteiger partial charge in [0.2, 0.25) is 0 Å². The summed E-state index contributed by atoms with van der Waals surface area (Å²) in [6, 6.07) is 22.2. The van der Waals surface area contributed by atoms with Gasteiger partial charge in [-0.1, -0.05) is 24.3 Å². The Bertz CT molecular complexity index is 2270. The molecule has 0 amide bonds. The molecule has 20 heteroatoms. The van der Waals surface area contributed by atoms with Gasteiger partial charge in [0.25, 0.3) is 0 Å². The number of benzene rings is 2. The topological polar surface area (TPSA) is 201 Å². The second kappa shape index (κ2) is 20.9. The normalized spacial score (nSPS) is 18.2. The van der Waals surface area contributed by atoms with Crippen LogP contribution in [0.5, 0.6) is 0 Å². The Morgan fingerprint density at radius 1 is 0.656 bits per heavy atom. The van der Waals surface area contributed by atoms with E-state index in [-0.39, 0.29) is 25.4 Å². The van der Waals surface area contributed by atoms with E-state index in [4.69, 9.17) is 19.9 Å². The van der Waals surface area contributed by atoms with Crippen LogP contribution in [0.3, 0.4) is 0 Å². The van der Waals surface area contributed by atoms with Crippen LogP contribution in [0.1, 0.15) is 43.2 Å². The highest BCUT2D eigenvalue weighted by atomic mass is 32.2. The van der Waals surface area contributed by atoms with E-state index in [2.05, 4.69) is 19.8 Å². The number of methoxy groups -OCH3 is 1. The molecule has 344 valence electrons. The van der Waals surface area contributed by atoms with Crippen LogP contribution in [0.15, 0.2) is 85.2 Å². The Kier molecular flexibility index (Phi) is 15.4. The fourth-order valence-electron chi connectivity index (χ4n) is 7.78. The van der Waals surface area contributed by atoms with Crippen LogP contribution in [-0.4, -0.2) is 161 Å². The first kappa shape index (κ1) is 47.1. The molecule has 4 saturated heterocycles. The molecule has 2 N–H and O–H groups in total. The largest absolute Gasteiger partial charge is 0.465 e. The molecule has 4 aliphatic heterocycles. The third kappa shape index (κ3) is 11.1. The number of carbonyl (C=O) groups is 2. The second-order valence-electron chi connectivity index (χ2n) is 16.2. The summed E-state index contributed by atoms with van der Waals surface area (Å²) in [6.45, 7) is 11.2. The molecule has 2 aromatic heterocycles. The maximum atomic E-state index is 13.7. The van der Waals surface area contributed by atoms with Gasteiger partial charge in [-0.05, 0) is 73.5 Å². The van der Waals surface area contributed by atoms with E-state index in [9.17, 15) is 26.4 Å². The molecular weight excluding hydrogens is 863 g/mol. The predicted molar refractivity (Wildman–Crippen MR) is 241 cm³/mol. The van der Waals surface area contributed by atoms with Crippen molar-refractivity contribution in [2.24, 2.45) is 5.73 Å². The number of pyridine rings is 2. The molecular formula is C44H57N9O9S2. The summed E-state index contributed by atoms with van der Waals surface area (Å²) in [5.41, 5.74) is 10.3. The number of nitrogens with zero attached hydrogens (tertiary/aromatic N) is 8. The van der Waals surface area contributed by atoms with Gasteiger partial charge < -0.3 is 19.9 Å². The Morgan fingerprint density at radius 3 is 1.41 bits per heavy atom. The van der Waals surface area contributed by atoms with Crippen LogP contribution >= 0.6 is 0 Å². The number of aromatic nitrogens is 2. The second-order valence-corrected chi connectivity index (χ2v) is 19.9. The zero-order valence-corrected chi connectivity index (χ0v) is 38.1. The van der Waals surface area contributed by atoms with Crippen molar-refractivity contribution in [2.75, 3.05) is 101 Å². The van der Waals surface area contributed by atoms with Crippen LogP contribution in [0.2, 0.25) is 0 Å². The molecule has 0 atom stereocenters. The molecule has 4 aromatic rings. The lowest BCUT2D eigenvalue weighted by Crippen LogP contribution is -2.59. The lowest BCUT2D eigenvalue weighted by molar-refractivity contribution is -0.0721. The number of Topliss-reactive ketones (excluding diaryl/α,β-unsaturated/α-hetero) is 1. The molecule has 0 unspecified atom stereocenters. The van der Waals surface area contributed by atoms with E-state index in [0.29, 0.717) is 98.3 Å². The third-order valence-electron chi connectivity index (χ3n) is 11.8. The summed E-state index contributed by atoms with van der Waals surface area (Å²) in [7, 11) is -6.26. The van der Waals surface area contributed by atoms with Crippen LogP contribution < -0.4 is 14.3 Å². The fourth-order valence-corrected chi connectivity index (χ4v) is 10.9. The smallest absolute Gasteiger partial charge is 0.339 e. The number of aryl methyl sites for hydroxylation is 2. The molecule has 18 nitrogen and oxygen atoms in total. The number of esters is 1. The molecule has 2 aromatic carbocycles. The van der Waals surface area contributed by atoms with E-state index >= 15 is 0 Å². The highest BCUT2D eigenvalue weighted by molar-refractivity contribution is 7.90. The molecule has 8 rings (SSSR count). The van der Waals surface area contributed by atoms with Crippen molar-refractivity contribution in [1.29, 1.82) is 0 Å². The maximum absolute atomic E-state index is 13.7. The molecule has 0 aliphatic carbocycles. The fraction of sp³-hybridized carbons (Fsp3) is 0.455. The van der Waals surface area contributed by atoms with Crippen LogP contribution in [0, 0.1) is 13.8 Å². The summed E-state index contributed by atoms with van der Waals surface area (Å²) >= 11 is 0. The number of ketones is 1. The van der Waals surface area contributed by atoms with Gasteiger partial charge in [-0.15, -0.1) is 0 Å². The molecule has 0 spiro atoms. The van der Waals surface area contributed by atoms with Gasteiger partial charge >= 0.3 is 26.4 Å². The van der Waals surface area contributed by atoms with Crippen molar-refractivity contribution in [3.63, 3.8) is 0 Å². The van der Waals surface area contributed by atoms with Crippen molar-refractivity contribution in [3.05, 3.63) is 119 Å². The zero-order chi connectivity index (χ0) is 45.4. The number of hydrogen-bond acceptors (Lipinski definition) is 14. The quantitative estimate of drug-likeness (QED) is 0.134. The molecule has 0 saturated carbocycles. The number of nitrogens with two attached hydrogens (primary N) is 1. The maximum Gasteiger partial charge on any atom is 0.339 e. The van der Waals surface area contributed by atoms with Gasteiger partial charge in [0.05, 0.1) is 93.6 Å². The lowest BCUT2D eigenvalue weighted by atomic mass is 10.2. The first-order chi connectivity index (χ1) is 30.8. The first-order valence-corrected chi connectivity index (χ1v) is 24.1. The summed E-state index contributed by atoms with van der Waals surface area (Å²) in [4.78, 5) is 36.7. The van der Waals surface area contributed by atoms with Gasteiger partial charge in [-0.25, -0.2) is 4.79 Å². The monoisotopic (exact) mass is 919 g/mol. The first-order valence-electron chi connectivity index (χ1n) is 21.3. The van der Waals surface area contributed by atoms with Crippen LogP contribution in [0.25, 0.3) is 0 Å². The summed E-state index contributed by atoms with van der Waals surface area (Å²) in [5.74, 6) is -0.691. The van der Waals surface area contributed by atoms with E-state index in [0.717, 1.165) is 37.6 Å². The molecule has 0 bridgehead atoms. The van der Waals surface area contributed by atoms with Gasteiger partial charge in [0.15, 0.2) is 5.78 Å². The lowest BCUT2D eigenvalue weighted by Gasteiger charge is -2.43. The zero-order valence-electron chi connectivity index (χ0n) is 36.5.